The highest BCUT2D eigenvalue weighted by Crippen LogP contribution is 2.21. The molecule has 0 N–H and O–H groups in total. The summed E-state index contributed by atoms with van der Waals surface area (Å²) < 4.78 is 0.822. The Bertz CT molecular complexity index is 301. The van der Waals surface area contributed by atoms with E-state index in [2.05, 4.69) is 20.9 Å². The van der Waals surface area contributed by atoms with E-state index in [9.17, 15) is 4.79 Å². The molecule has 1 aromatic heterocycles. The molecular formula is C8H9BrN2O. The average Bonchev–Trinajstić information content (AvgIpc) is 2.04. The summed E-state index contributed by atoms with van der Waals surface area (Å²) in [5, 5.41) is 0. The van der Waals surface area contributed by atoms with E-state index in [-0.39, 0.29) is 5.91 Å². The molecule has 0 radical (unpaired) electrons. The smallest absolute Gasteiger partial charge is 0.224 e. The van der Waals surface area contributed by atoms with Crippen LogP contribution in [0.1, 0.15) is 6.92 Å². The van der Waals surface area contributed by atoms with Gasteiger partial charge in [0, 0.05) is 20.2 Å². The third-order valence-electron chi connectivity index (χ3n) is 1.53. The fraction of sp³-hybridized carbons (Fsp3) is 0.250. The van der Waals surface area contributed by atoms with Crippen LogP contribution in [0.5, 0.6) is 0 Å². The van der Waals surface area contributed by atoms with E-state index in [1.165, 1.54) is 11.8 Å². The van der Waals surface area contributed by atoms with Gasteiger partial charge in [-0.25, -0.2) is 4.98 Å². The summed E-state index contributed by atoms with van der Waals surface area (Å²) in [7, 11) is 1.69. The third kappa shape index (κ3) is 1.82. The molecule has 0 aliphatic heterocycles. The minimum atomic E-state index is -0.0330. The Balaban J connectivity index is 3.02. The highest BCUT2D eigenvalue weighted by molar-refractivity contribution is 9.10. The number of anilines is 1. The molecule has 12 heavy (non-hydrogen) atoms. The Kier molecular flexibility index (Phi) is 2.81. The highest BCUT2D eigenvalue weighted by Gasteiger charge is 2.09. The number of halogens is 1. The molecule has 0 unspecified atom stereocenters. The summed E-state index contributed by atoms with van der Waals surface area (Å²) in [4.78, 5) is 16.5. The minimum Gasteiger partial charge on any atom is -0.299 e. The quantitative estimate of drug-likeness (QED) is 0.735. The monoisotopic (exact) mass is 228 g/mol. The number of amides is 1. The number of carbonyl (C=O) groups excluding carboxylic acids is 1. The molecule has 1 heterocycles. The first-order valence-electron chi connectivity index (χ1n) is 3.47. The lowest BCUT2D eigenvalue weighted by Gasteiger charge is -2.14. The van der Waals surface area contributed by atoms with Gasteiger partial charge >= 0.3 is 0 Å². The Labute approximate surface area is 79.5 Å². The van der Waals surface area contributed by atoms with E-state index in [1.54, 1.807) is 13.2 Å². The van der Waals surface area contributed by atoms with Crippen LogP contribution in [0.15, 0.2) is 22.8 Å². The van der Waals surface area contributed by atoms with Crippen LogP contribution < -0.4 is 4.90 Å². The SMILES string of the molecule is CC(=O)N(C)c1ncccc1Br. The standard InChI is InChI=1S/C8H9BrN2O/c1-6(12)11(2)8-7(9)4-3-5-10-8/h3-5H,1-2H3. The number of rotatable bonds is 1. The van der Waals surface area contributed by atoms with Gasteiger partial charge in [0.2, 0.25) is 5.91 Å². The molecule has 3 nitrogen and oxygen atoms in total. The summed E-state index contributed by atoms with van der Waals surface area (Å²) in [6.45, 7) is 1.50. The summed E-state index contributed by atoms with van der Waals surface area (Å²) in [5.74, 6) is 0.611. The number of hydrogen-bond acceptors (Lipinski definition) is 2. The van der Waals surface area contributed by atoms with Crippen molar-refractivity contribution in [1.29, 1.82) is 0 Å². The fourth-order valence-corrected chi connectivity index (χ4v) is 1.29. The first kappa shape index (κ1) is 9.19. The lowest BCUT2D eigenvalue weighted by atomic mass is 10.4. The van der Waals surface area contributed by atoms with E-state index in [0.29, 0.717) is 5.82 Å². The molecule has 0 saturated carbocycles. The molecule has 0 aliphatic carbocycles. The Morgan fingerprint density at radius 2 is 2.33 bits per heavy atom. The van der Waals surface area contributed by atoms with Crippen LogP contribution in [-0.2, 0) is 4.79 Å². The lowest BCUT2D eigenvalue weighted by Crippen LogP contribution is -2.24. The number of carbonyl (C=O) groups is 1. The third-order valence-corrected chi connectivity index (χ3v) is 2.15. The molecule has 0 aromatic carbocycles. The van der Waals surface area contributed by atoms with Gasteiger partial charge in [-0.3, -0.25) is 9.69 Å². The number of pyridine rings is 1. The van der Waals surface area contributed by atoms with Gasteiger partial charge in [-0.1, -0.05) is 0 Å². The molecule has 1 rings (SSSR count). The largest absolute Gasteiger partial charge is 0.299 e. The zero-order chi connectivity index (χ0) is 9.14. The van der Waals surface area contributed by atoms with Crippen LogP contribution in [0.4, 0.5) is 5.82 Å². The van der Waals surface area contributed by atoms with Crippen LogP contribution in [-0.4, -0.2) is 17.9 Å². The van der Waals surface area contributed by atoms with Crippen molar-refractivity contribution < 1.29 is 4.79 Å². The van der Waals surface area contributed by atoms with Crippen molar-refractivity contribution in [2.45, 2.75) is 6.92 Å². The predicted molar refractivity (Wildman–Crippen MR) is 51.0 cm³/mol. The maximum absolute atomic E-state index is 11.0. The highest BCUT2D eigenvalue weighted by atomic mass is 79.9. The second-order valence-corrected chi connectivity index (χ2v) is 3.24. The van der Waals surface area contributed by atoms with Crippen molar-refractivity contribution in [3.8, 4) is 0 Å². The second kappa shape index (κ2) is 3.67. The summed E-state index contributed by atoms with van der Waals surface area (Å²) in [6, 6.07) is 3.66. The zero-order valence-electron chi connectivity index (χ0n) is 6.91. The first-order valence-corrected chi connectivity index (χ1v) is 4.27. The van der Waals surface area contributed by atoms with Crippen LogP contribution in [0, 0.1) is 0 Å². The van der Waals surface area contributed by atoms with Gasteiger partial charge < -0.3 is 0 Å². The molecule has 1 amide bonds. The van der Waals surface area contributed by atoms with Gasteiger partial charge in [-0.05, 0) is 28.1 Å². The summed E-state index contributed by atoms with van der Waals surface area (Å²) in [6.07, 6.45) is 1.65. The lowest BCUT2D eigenvalue weighted by molar-refractivity contribution is -0.116. The molecule has 0 spiro atoms. The van der Waals surface area contributed by atoms with Crippen molar-refractivity contribution in [2.24, 2.45) is 0 Å². The number of hydrogen-bond donors (Lipinski definition) is 0. The van der Waals surface area contributed by atoms with Crippen molar-refractivity contribution in [3.05, 3.63) is 22.8 Å². The molecule has 0 saturated heterocycles. The average molecular weight is 229 g/mol. The molecule has 64 valence electrons. The van der Waals surface area contributed by atoms with Gasteiger partial charge in [0.1, 0.15) is 5.82 Å². The van der Waals surface area contributed by atoms with E-state index < -0.39 is 0 Å². The van der Waals surface area contributed by atoms with Gasteiger partial charge in [-0.2, -0.15) is 0 Å². The topological polar surface area (TPSA) is 33.2 Å². The number of aromatic nitrogens is 1. The Morgan fingerprint density at radius 3 is 2.83 bits per heavy atom. The second-order valence-electron chi connectivity index (χ2n) is 2.39. The van der Waals surface area contributed by atoms with Crippen LogP contribution >= 0.6 is 15.9 Å². The molecular weight excluding hydrogens is 220 g/mol. The van der Waals surface area contributed by atoms with Gasteiger partial charge in [0.05, 0.1) is 4.47 Å². The van der Waals surface area contributed by atoms with Crippen molar-refractivity contribution in [3.63, 3.8) is 0 Å². The Morgan fingerprint density at radius 1 is 1.67 bits per heavy atom. The first-order chi connectivity index (χ1) is 5.63. The van der Waals surface area contributed by atoms with Crippen molar-refractivity contribution in [2.75, 3.05) is 11.9 Å². The minimum absolute atomic E-state index is 0.0330. The van der Waals surface area contributed by atoms with Gasteiger partial charge in [0.15, 0.2) is 0 Å². The maximum atomic E-state index is 11.0. The molecule has 0 bridgehead atoms. The van der Waals surface area contributed by atoms with Crippen molar-refractivity contribution in [1.82, 2.24) is 4.98 Å². The summed E-state index contributed by atoms with van der Waals surface area (Å²) >= 11 is 3.31. The van der Waals surface area contributed by atoms with E-state index >= 15 is 0 Å². The Hall–Kier alpha value is -0.900. The fourth-order valence-electron chi connectivity index (χ4n) is 0.773. The molecule has 0 atom stereocenters. The number of nitrogens with zero attached hydrogens (tertiary/aromatic N) is 2. The van der Waals surface area contributed by atoms with Gasteiger partial charge in [0.25, 0.3) is 0 Å². The van der Waals surface area contributed by atoms with Gasteiger partial charge in [-0.15, -0.1) is 0 Å². The van der Waals surface area contributed by atoms with Crippen molar-refractivity contribution >= 4 is 27.7 Å². The van der Waals surface area contributed by atoms with E-state index in [4.69, 9.17) is 0 Å². The maximum Gasteiger partial charge on any atom is 0.224 e. The van der Waals surface area contributed by atoms with E-state index in [1.807, 2.05) is 12.1 Å². The van der Waals surface area contributed by atoms with Crippen LogP contribution in [0.3, 0.4) is 0 Å². The molecule has 0 aliphatic rings. The summed E-state index contributed by atoms with van der Waals surface area (Å²) in [5.41, 5.74) is 0. The van der Waals surface area contributed by atoms with Crippen LogP contribution in [0.25, 0.3) is 0 Å². The normalized spacial score (nSPS) is 9.58. The van der Waals surface area contributed by atoms with Crippen LogP contribution in [0.2, 0.25) is 0 Å². The predicted octanol–water partition coefficient (Wildman–Crippen LogP) is 1.83. The molecule has 1 aromatic rings. The molecule has 4 heteroatoms. The van der Waals surface area contributed by atoms with E-state index in [0.717, 1.165) is 4.47 Å². The zero-order valence-corrected chi connectivity index (χ0v) is 8.50. The molecule has 0 fully saturated rings.